The van der Waals surface area contributed by atoms with Gasteiger partial charge in [-0.2, -0.15) is 0 Å². The van der Waals surface area contributed by atoms with Gasteiger partial charge in [0.1, 0.15) is 6.61 Å². The fourth-order valence-corrected chi connectivity index (χ4v) is 1.15. The number of carbonyl (C=O) groups is 1. The average Bonchev–Trinajstić information content (AvgIpc) is 2.37. The molecule has 1 rings (SSSR count). The van der Waals surface area contributed by atoms with Gasteiger partial charge in [0.25, 0.3) is 5.69 Å². The molecule has 0 saturated heterocycles. The summed E-state index contributed by atoms with van der Waals surface area (Å²) < 4.78 is 4.97. The van der Waals surface area contributed by atoms with E-state index in [1.54, 1.807) is 6.92 Å². The van der Waals surface area contributed by atoms with Crippen LogP contribution >= 0.6 is 0 Å². The first kappa shape index (κ1) is 14.9. The lowest BCUT2D eigenvalue weighted by Crippen LogP contribution is -2.41. The Labute approximate surface area is 110 Å². The van der Waals surface area contributed by atoms with Crippen LogP contribution in [0.3, 0.4) is 0 Å². The van der Waals surface area contributed by atoms with Gasteiger partial charge in [0.15, 0.2) is 0 Å². The van der Waals surface area contributed by atoms with Crippen molar-refractivity contribution in [2.75, 3.05) is 11.9 Å². The van der Waals surface area contributed by atoms with E-state index in [9.17, 15) is 14.9 Å². The highest BCUT2D eigenvalue weighted by molar-refractivity contribution is 5.84. The zero-order chi connectivity index (χ0) is 14.5. The number of benzene rings is 1. The van der Waals surface area contributed by atoms with Crippen LogP contribution in [-0.2, 0) is 4.74 Å². The second kappa shape index (κ2) is 6.14. The van der Waals surface area contributed by atoms with Crippen LogP contribution in [0.4, 0.5) is 16.2 Å². The maximum Gasteiger partial charge on any atom is 0.411 e. The fourth-order valence-electron chi connectivity index (χ4n) is 1.15. The number of nitro groups is 1. The molecule has 0 aromatic heterocycles. The number of nitrogens with two attached hydrogens (primary N) is 1. The van der Waals surface area contributed by atoms with Crippen molar-refractivity contribution >= 4 is 17.5 Å². The van der Waals surface area contributed by atoms with Gasteiger partial charge in [-0.15, -0.1) is 0 Å². The van der Waals surface area contributed by atoms with Crippen molar-refractivity contribution in [1.82, 2.24) is 0 Å². The zero-order valence-corrected chi connectivity index (χ0v) is 10.9. The van der Waals surface area contributed by atoms with Crippen molar-refractivity contribution in [1.29, 1.82) is 0 Å². The number of nitro benzene ring substituents is 1. The number of nitrogens with zero attached hydrogens (tertiary/aromatic N) is 1. The summed E-state index contributed by atoms with van der Waals surface area (Å²) in [4.78, 5) is 21.4. The van der Waals surface area contributed by atoms with Crippen molar-refractivity contribution in [3.8, 4) is 0 Å². The molecule has 7 nitrogen and oxygen atoms in total. The van der Waals surface area contributed by atoms with Crippen LogP contribution in [0.2, 0.25) is 0 Å². The molecule has 0 fully saturated rings. The number of rotatable bonds is 5. The number of amides is 1. The summed E-state index contributed by atoms with van der Waals surface area (Å²) >= 11 is 0. The molecule has 7 heteroatoms. The Morgan fingerprint density at radius 3 is 2.53 bits per heavy atom. The molecule has 1 aromatic carbocycles. The van der Waals surface area contributed by atoms with Crippen LogP contribution in [0.5, 0.6) is 0 Å². The Hall–Kier alpha value is -2.15. The molecule has 1 amide bonds. The van der Waals surface area contributed by atoms with E-state index in [0.717, 1.165) is 0 Å². The number of carbonyl (C=O) groups excluding carboxylic acids is 1. The maximum atomic E-state index is 11.5. The highest BCUT2D eigenvalue weighted by Gasteiger charge is 2.18. The second-order valence-corrected chi connectivity index (χ2v) is 4.51. The normalized spacial score (nSPS) is 13.4. The van der Waals surface area contributed by atoms with E-state index < -0.39 is 16.6 Å². The zero-order valence-electron chi connectivity index (χ0n) is 10.9. The summed E-state index contributed by atoms with van der Waals surface area (Å²) in [6, 6.07) is 5.46. The van der Waals surface area contributed by atoms with Crippen LogP contribution in [0, 0.1) is 10.1 Å². The highest BCUT2D eigenvalue weighted by atomic mass is 16.6. The maximum absolute atomic E-state index is 11.5. The Morgan fingerprint density at radius 1 is 1.47 bits per heavy atom. The monoisotopic (exact) mass is 267 g/mol. The first-order chi connectivity index (χ1) is 8.84. The molecule has 0 saturated carbocycles. The van der Waals surface area contributed by atoms with E-state index in [0.29, 0.717) is 12.1 Å². The summed E-state index contributed by atoms with van der Waals surface area (Å²) in [6.45, 7) is 3.78. The van der Waals surface area contributed by atoms with Crippen LogP contribution in [0.1, 0.15) is 20.3 Å². The summed E-state index contributed by atoms with van der Waals surface area (Å²) in [5.74, 6) is 0. The molecule has 3 N–H and O–H groups in total. The van der Waals surface area contributed by atoms with Crippen molar-refractivity contribution in [2.45, 2.75) is 25.8 Å². The van der Waals surface area contributed by atoms with E-state index in [1.165, 1.54) is 24.3 Å². The quantitative estimate of drug-likeness (QED) is 0.628. The molecule has 104 valence electrons. The number of non-ortho nitro benzene ring substituents is 1. The smallest absolute Gasteiger partial charge is 0.411 e. The van der Waals surface area contributed by atoms with Crippen LogP contribution < -0.4 is 11.1 Å². The number of ether oxygens (including phenoxy) is 1. The summed E-state index contributed by atoms with van der Waals surface area (Å²) in [6.07, 6.45) is 0.0385. The van der Waals surface area contributed by atoms with E-state index >= 15 is 0 Å². The molecular weight excluding hydrogens is 250 g/mol. The van der Waals surface area contributed by atoms with Gasteiger partial charge in [-0.1, -0.05) is 6.92 Å². The average molecular weight is 267 g/mol. The predicted octanol–water partition coefficient (Wildman–Crippen LogP) is 2.27. The number of hydrogen-bond acceptors (Lipinski definition) is 5. The lowest BCUT2D eigenvalue weighted by Gasteiger charge is -2.21. The number of hydrogen-bond donors (Lipinski definition) is 2. The molecule has 1 aromatic rings. The van der Waals surface area contributed by atoms with Gasteiger partial charge in [-0.3, -0.25) is 15.4 Å². The third kappa shape index (κ3) is 4.92. The first-order valence-corrected chi connectivity index (χ1v) is 5.81. The Balaban J connectivity index is 2.51. The molecule has 0 radical (unpaired) electrons. The third-order valence-electron chi connectivity index (χ3n) is 2.67. The molecule has 0 spiro atoms. The highest BCUT2D eigenvalue weighted by Crippen LogP contribution is 2.15. The summed E-state index contributed by atoms with van der Waals surface area (Å²) in [5.41, 5.74) is 5.65. The molecule has 0 heterocycles. The molecule has 0 aliphatic rings. The standard InChI is InChI=1S/C12H17N3O4/c1-3-12(2,13)8-19-11(16)14-9-4-6-10(7-5-9)15(17)18/h4-7H,3,8,13H2,1-2H3,(H,14,16). The van der Waals surface area contributed by atoms with Gasteiger partial charge in [0.2, 0.25) is 0 Å². The predicted molar refractivity (Wildman–Crippen MR) is 71.0 cm³/mol. The summed E-state index contributed by atoms with van der Waals surface area (Å²) in [5, 5.41) is 12.9. The minimum absolute atomic E-state index is 0.0422. The largest absolute Gasteiger partial charge is 0.447 e. The molecule has 0 aliphatic heterocycles. The van der Waals surface area contributed by atoms with Gasteiger partial charge in [-0.25, -0.2) is 4.79 Å². The van der Waals surface area contributed by atoms with Crippen LogP contribution in [0.15, 0.2) is 24.3 Å². The SMILES string of the molecule is CCC(C)(N)COC(=O)Nc1ccc([N+](=O)[O-])cc1. The van der Waals surface area contributed by atoms with Gasteiger partial charge in [0, 0.05) is 23.4 Å². The van der Waals surface area contributed by atoms with Crippen molar-refractivity contribution < 1.29 is 14.5 Å². The molecular formula is C12H17N3O4. The minimum atomic E-state index is -0.640. The van der Waals surface area contributed by atoms with E-state index in [2.05, 4.69) is 5.32 Å². The molecule has 1 unspecified atom stereocenters. The van der Waals surface area contributed by atoms with Gasteiger partial charge < -0.3 is 10.5 Å². The Bertz CT molecular complexity index is 457. The van der Waals surface area contributed by atoms with E-state index in [-0.39, 0.29) is 12.3 Å². The topological polar surface area (TPSA) is 107 Å². The van der Waals surface area contributed by atoms with Gasteiger partial charge in [-0.05, 0) is 25.5 Å². The van der Waals surface area contributed by atoms with Crippen LogP contribution in [-0.4, -0.2) is 23.2 Å². The second-order valence-electron chi connectivity index (χ2n) is 4.51. The number of nitrogens with one attached hydrogen (secondary N) is 1. The fraction of sp³-hybridized carbons (Fsp3) is 0.417. The lowest BCUT2D eigenvalue weighted by molar-refractivity contribution is -0.384. The van der Waals surface area contributed by atoms with Crippen molar-refractivity contribution in [3.05, 3.63) is 34.4 Å². The van der Waals surface area contributed by atoms with Crippen LogP contribution in [0.25, 0.3) is 0 Å². The van der Waals surface area contributed by atoms with E-state index in [4.69, 9.17) is 10.5 Å². The Kier molecular flexibility index (Phi) is 4.82. The Morgan fingerprint density at radius 2 is 2.05 bits per heavy atom. The van der Waals surface area contributed by atoms with Gasteiger partial charge in [0.05, 0.1) is 4.92 Å². The molecule has 0 aliphatic carbocycles. The van der Waals surface area contributed by atoms with Crippen molar-refractivity contribution in [3.63, 3.8) is 0 Å². The number of anilines is 1. The molecule has 19 heavy (non-hydrogen) atoms. The lowest BCUT2D eigenvalue weighted by atomic mass is 10.0. The first-order valence-electron chi connectivity index (χ1n) is 5.81. The van der Waals surface area contributed by atoms with Crippen molar-refractivity contribution in [2.24, 2.45) is 5.73 Å². The summed E-state index contributed by atoms with van der Waals surface area (Å²) in [7, 11) is 0. The van der Waals surface area contributed by atoms with E-state index in [1.807, 2.05) is 6.92 Å². The minimum Gasteiger partial charge on any atom is -0.447 e. The third-order valence-corrected chi connectivity index (χ3v) is 2.67. The van der Waals surface area contributed by atoms with Gasteiger partial charge >= 0.3 is 6.09 Å². The molecule has 1 atom stereocenters. The molecule has 0 bridgehead atoms.